The Morgan fingerprint density at radius 1 is 1.54 bits per heavy atom. The number of carboxylic acid groups (broad SMARTS) is 1. The van der Waals surface area contributed by atoms with E-state index in [0.29, 0.717) is 5.56 Å². The van der Waals surface area contributed by atoms with Crippen LogP contribution in [-0.2, 0) is 0 Å². The van der Waals surface area contributed by atoms with E-state index >= 15 is 0 Å². The van der Waals surface area contributed by atoms with Crippen LogP contribution in [0.4, 0.5) is 0 Å². The predicted octanol–water partition coefficient (Wildman–Crippen LogP) is 1.32. The van der Waals surface area contributed by atoms with Crippen molar-refractivity contribution in [1.29, 1.82) is 5.41 Å². The van der Waals surface area contributed by atoms with Crippen LogP contribution in [0.1, 0.15) is 15.9 Å². The number of nitrogens with two attached hydrogens (primary N) is 1. The largest absolute Gasteiger partial charge is 0.478 e. The van der Waals surface area contributed by atoms with Gasteiger partial charge < -0.3 is 10.8 Å². The second-order valence-electron chi connectivity index (χ2n) is 2.41. The molecule has 0 saturated heterocycles. The number of amidine groups is 1. The van der Waals surface area contributed by atoms with E-state index in [1.54, 1.807) is 0 Å². The van der Waals surface area contributed by atoms with E-state index in [1.165, 1.54) is 18.2 Å². The molecule has 0 unspecified atom stereocenters. The van der Waals surface area contributed by atoms with Crippen LogP contribution in [0.3, 0.4) is 0 Å². The maximum absolute atomic E-state index is 10.5. The van der Waals surface area contributed by atoms with Crippen molar-refractivity contribution < 1.29 is 9.90 Å². The maximum atomic E-state index is 10.5. The Hall–Kier alpha value is -1.55. The monoisotopic (exact) mass is 198 g/mol. The van der Waals surface area contributed by atoms with Gasteiger partial charge >= 0.3 is 5.97 Å². The Balaban J connectivity index is 3.20. The van der Waals surface area contributed by atoms with Crippen LogP contribution in [0.25, 0.3) is 0 Å². The molecule has 0 spiro atoms. The van der Waals surface area contributed by atoms with Gasteiger partial charge in [0.05, 0.1) is 10.6 Å². The van der Waals surface area contributed by atoms with Gasteiger partial charge in [-0.2, -0.15) is 0 Å². The standard InChI is InChI=1S/C8H7ClN2O2/c9-6-3-4(7(10)11)1-2-5(6)8(12)13/h1-3H,(H3,10,11)(H,12,13). The topological polar surface area (TPSA) is 87.2 Å². The zero-order chi connectivity index (χ0) is 10.0. The number of rotatable bonds is 2. The number of nitrogen functional groups attached to an aromatic ring is 1. The minimum absolute atomic E-state index is 0.00617. The highest BCUT2D eigenvalue weighted by atomic mass is 35.5. The molecule has 0 saturated carbocycles. The Morgan fingerprint density at radius 3 is 2.54 bits per heavy atom. The summed E-state index contributed by atoms with van der Waals surface area (Å²) in [5.41, 5.74) is 5.60. The molecule has 68 valence electrons. The number of hydrogen-bond acceptors (Lipinski definition) is 2. The molecule has 1 aromatic carbocycles. The first-order valence-corrected chi connectivity index (χ1v) is 3.77. The van der Waals surface area contributed by atoms with Gasteiger partial charge in [0.1, 0.15) is 5.84 Å². The zero-order valence-corrected chi connectivity index (χ0v) is 7.30. The fraction of sp³-hybridized carbons (Fsp3) is 0. The van der Waals surface area contributed by atoms with Gasteiger partial charge in [-0.3, -0.25) is 5.41 Å². The molecule has 1 rings (SSSR count). The molecular weight excluding hydrogens is 192 g/mol. The van der Waals surface area contributed by atoms with Crippen LogP contribution < -0.4 is 5.73 Å². The summed E-state index contributed by atoms with van der Waals surface area (Å²) in [4.78, 5) is 10.5. The summed E-state index contributed by atoms with van der Waals surface area (Å²) in [6.45, 7) is 0. The highest BCUT2D eigenvalue weighted by Gasteiger charge is 2.09. The van der Waals surface area contributed by atoms with Gasteiger partial charge in [-0.1, -0.05) is 17.7 Å². The number of carbonyl (C=O) groups is 1. The molecule has 0 radical (unpaired) electrons. The summed E-state index contributed by atoms with van der Waals surface area (Å²) in [6.07, 6.45) is 0. The first kappa shape index (κ1) is 9.54. The van der Waals surface area contributed by atoms with Crippen molar-refractivity contribution in [2.24, 2.45) is 5.73 Å². The van der Waals surface area contributed by atoms with E-state index in [2.05, 4.69) is 0 Å². The van der Waals surface area contributed by atoms with E-state index < -0.39 is 5.97 Å². The first-order chi connectivity index (χ1) is 6.02. The number of benzene rings is 1. The molecule has 0 aliphatic rings. The Kier molecular flexibility index (Phi) is 2.53. The summed E-state index contributed by atoms with van der Waals surface area (Å²) >= 11 is 5.64. The molecule has 4 N–H and O–H groups in total. The van der Waals surface area contributed by atoms with Crippen LogP contribution >= 0.6 is 11.6 Å². The van der Waals surface area contributed by atoms with Gasteiger partial charge in [0.15, 0.2) is 0 Å². The lowest BCUT2D eigenvalue weighted by Gasteiger charge is -2.01. The normalized spacial score (nSPS) is 9.62. The maximum Gasteiger partial charge on any atom is 0.337 e. The molecule has 5 heteroatoms. The quantitative estimate of drug-likeness (QED) is 0.495. The molecule has 4 nitrogen and oxygen atoms in total. The van der Waals surface area contributed by atoms with Gasteiger partial charge in [-0.25, -0.2) is 4.79 Å². The van der Waals surface area contributed by atoms with Crippen molar-refractivity contribution in [1.82, 2.24) is 0 Å². The first-order valence-electron chi connectivity index (χ1n) is 3.39. The third kappa shape index (κ3) is 1.97. The molecule has 0 fully saturated rings. The molecular formula is C8H7ClN2O2. The van der Waals surface area contributed by atoms with Crippen molar-refractivity contribution in [3.05, 3.63) is 34.3 Å². The highest BCUT2D eigenvalue weighted by Crippen LogP contribution is 2.17. The Labute approximate surface area is 79.4 Å². The van der Waals surface area contributed by atoms with Crippen molar-refractivity contribution >= 4 is 23.4 Å². The fourth-order valence-corrected chi connectivity index (χ4v) is 1.12. The second kappa shape index (κ2) is 3.45. The molecule has 0 aliphatic carbocycles. The molecule has 1 aromatic rings. The molecule has 0 aliphatic heterocycles. The lowest BCUT2D eigenvalue weighted by molar-refractivity contribution is 0.0697. The van der Waals surface area contributed by atoms with E-state index in [-0.39, 0.29) is 16.4 Å². The third-order valence-corrected chi connectivity index (χ3v) is 1.82. The minimum atomic E-state index is -1.10. The molecule has 13 heavy (non-hydrogen) atoms. The summed E-state index contributed by atoms with van der Waals surface area (Å²) in [5, 5.41) is 15.8. The summed E-state index contributed by atoms with van der Waals surface area (Å²) in [5.74, 6) is -1.24. The lowest BCUT2D eigenvalue weighted by Crippen LogP contribution is -2.11. The number of halogens is 1. The lowest BCUT2D eigenvalue weighted by atomic mass is 10.1. The van der Waals surface area contributed by atoms with Crippen LogP contribution in [0.5, 0.6) is 0 Å². The molecule has 0 aromatic heterocycles. The number of nitrogens with one attached hydrogen (secondary N) is 1. The average molecular weight is 199 g/mol. The van der Waals surface area contributed by atoms with Gasteiger partial charge in [0, 0.05) is 5.56 Å². The van der Waals surface area contributed by atoms with E-state index in [0.717, 1.165) is 0 Å². The average Bonchev–Trinajstić information content (AvgIpc) is 2.03. The highest BCUT2D eigenvalue weighted by molar-refractivity contribution is 6.33. The second-order valence-corrected chi connectivity index (χ2v) is 2.82. The predicted molar refractivity (Wildman–Crippen MR) is 49.4 cm³/mol. The zero-order valence-electron chi connectivity index (χ0n) is 6.54. The summed E-state index contributed by atoms with van der Waals surface area (Å²) in [6, 6.07) is 4.12. The SMILES string of the molecule is N=C(N)c1ccc(C(=O)O)c(Cl)c1. The number of aromatic carboxylic acids is 1. The van der Waals surface area contributed by atoms with Crippen molar-refractivity contribution in [3.8, 4) is 0 Å². The Bertz CT molecular complexity index is 376. The van der Waals surface area contributed by atoms with Gasteiger partial charge in [0.25, 0.3) is 0 Å². The molecule has 0 heterocycles. The van der Waals surface area contributed by atoms with E-state index in [4.69, 9.17) is 27.9 Å². The van der Waals surface area contributed by atoms with Crippen LogP contribution in [0.2, 0.25) is 5.02 Å². The summed E-state index contributed by atoms with van der Waals surface area (Å²) in [7, 11) is 0. The van der Waals surface area contributed by atoms with Crippen molar-refractivity contribution in [2.75, 3.05) is 0 Å². The fourth-order valence-electron chi connectivity index (χ4n) is 0.856. The van der Waals surface area contributed by atoms with Crippen LogP contribution in [0, 0.1) is 5.41 Å². The summed E-state index contributed by atoms with van der Waals surface area (Å²) < 4.78 is 0. The number of carboxylic acids is 1. The molecule has 0 amide bonds. The number of hydrogen-bond donors (Lipinski definition) is 3. The third-order valence-electron chi connectivity index (χ3n) is 1.51. The van der Waals surface area contributed by atoms with Crippen LogP contribution in [-0.4, -0.2) is 16.9 Å². The van der Waals surface area contributed by atoms with Crippen molar-refractivity contribution in [2.45, 2.75) is 0 Å². The van der Waals surface area contributed by atoms with E-state index in [9.17, 15) is 4.79 Å². The van der Waals surface area contributed by atoms with Crippen LogP contribution in [0.15, 0.2) is 18.2 Å². The van der Waals surface area contributed by atoms with Crippen molar-refractivity contribution in [3.63, 3.8) is 0 Å². The van der Waals surface area contributed by atoms with Gasteiger partial charge in [-0.05, 0) is 12.1 Å². The van der Waals surface area contributed by atoms with Gasteiger partial charge in [-0.15, -0.1) is 0 Å². The van der Waals surface area contributed by atoms with Gasteiger partial charge in [0.2, 0.25) is 0 Å². The molecule has 0 bridgehead atoms. The van der Waals surface area contributed by atoms with E-state index in [1.807, 2.05) is 0 Å². The molecule has 0 atom stereocenters. The minimum Gasteiger partial charge on any atom is -0.478 e. The smallest absolute Gasteiger partial charge is 0.337 e. The Morgan fingerprint density at radius 2 is 2.15 bits per heavy atom.